The summed E-state index contributed by atoms with van der Waals surface area (Å²) in [7, 11) is 0. The Kier molecular flexibility index (Phi) is 2.22. The zero-order chi connectivity index (χ0) is 12.0. The van der Waals surface area contributed by atoms with Crippen molar-refractivity contribution < 1.29 is 0 Å². The normalized spacial score (nSPS) is 11.5. The van der Waals surface area contributed by atoms with Gasteiger partial charge in [0.1, 0.15) is 0 Å². The van der Waals surface area contributed by atoms with Gasteiger partial charge in [0.2, 0.25) is 0 Å². The molecule has 17 heavy (non-hydrogen) atoms. The van der Waals surface area contributed by atoms with Crippen molar-refractivity contribution in [3.8, 4) is 0 Å². The number of hydrogen-bond acceptors (Lipinski definition) is 0. The highest BCUT2D eigenvalue weighted by Crippen LogP contribution is 2.31. The summed E-state index contributed by atoms with van der Waals surface area (Å²) in [5.41, 5.74) is 5.40. The molecule has 0 aliphatic rings. The minimum Gasteiger partial charge on any atom is -0.341 e. The summed E-state index contributed by atoms with van der Waals surface area (Å²) in [6.45, 7) is 7.59. The lowest BCUT2D eigenvalue weighted by atomic mass is 10.1. The van der Waals surface area contributed by atoms with Crippen LogP contribution in [0, 0.1) is 13.8 Å². The van der Waals surface area contributed by atoms with Crippen molar-refractivity contribution in [2.75, 3.05) is 0 Å². The van der Waals surface area contributed by atoms with Crippen molar-refractivity contribution in [2.24, 2.45) is 0 Å². The Labute approximate surface area is 102 Å². The molecule has 1 heterocycles. The van der Waals surface area contributed by atoms with E-state index in [9.17, 15) is 0 Å². The average Bonchev–Trinajstić information content (AvgIpc) is 2.63. The van der Waals surface area contributed by atoms with E-state index in [-0.39, 0.29) is 0 Å². The Morgan fingerprint density at radius 2 is 1.82 bits per heavy atom. The molecule has 0 saturated heterocycles. The van der Waals surface area contributed by atoms with Crippen LogP contribution in [-0.2, 0) is 6.54 Å². The van der Waals surface area contributed by atoms with Crippen LogP contribution in [0.4, 0.5) is 0 Å². The van der Waals surface area contributed by atoms with Gasteiger partial charge in [-0.05, 0) is 44.5 Å². The number of nitrogens with zero attached hydrogens (tertiary/aromatic N) is 1. The molecule has 1 heteroatoms. The van der Waals surface area contributed by atoms with E-state index in [2.05, 4.69) is 61.7 Å². The number of benzene rings is 2. The van der Waals surface area contributed by atoms with Crippen LogP contribution in [0.5, 0.6) is 0 Å². The topological polar surface area (TPSA) is 4.93 Å². The first-order valence-corrected chi connectivity index (χ1v) is 6.20. The molecule has 0 aliphatic carbocycles. The minimum atomic E-state index is 1.02. The third-order valence-corrected chi connectivity index (χ3v) is 3.57. The molecular weight excluding hydrogens is 206 g/mol. The second kappa shape index (κ2) is 3.63. The number of rotatable bonds is 1. The van der Waals surface area contributed by atoms with Crippen molar-refractivity contribution in [3.05, 3.63) is 47.5 Å². The van der Waals surface area contributed by atoms with E-state index < -0.39 is 0 Å². The van der Waals surface area contributed by atoms with Crippen LogP contribution in [0.3, 0.4) is 0 Å². The van der Waals surface area contributed by atoms with Crippen LogP contribution in [-0.4, -0.2) is 4.57 Å². The van der Waals surface area contributed by atoms with Gasteiger partial charge in [0.05, 0.1) is 0 Å². The van der Waals surface area contributed by atoms with Crippen molar-refractivity contribution in [1.82, 2.24) is 4.57 Å². The van der Waals surface area contributed by atoms with Crippen molar-refractivity contribution in [1.29, 1.82) is 0 Å². The molecule has 86 valence electrons. The van der Waals surface area contributed by atoms with Crippen molar-refractivity contribution >= 4 is 21.8 Å². The standard InChI is InChI=1S/C16H17N/c1-4-17-14-9-8-11(2)10-13(14)16-12(3)6-5-7-15(16)17/h5-10H,4H2,1-3H3. The third-order valence-electron chi connectivity index (χ3n) is 3.57. The number of aromatic nitrogens is 1. The molecule has 0 N–H and O–H groups in total. The van der Waals surface area contributed by atoms with E-state index in [0.29, 0.717) is 0 Å². The largest absolute Gasteiger partial charge is 0.341 e. The van der Waals surface area contributed by atoms with Gasteiger partial charge in [-0.1, -0.05) is 23.8 Å². The van der Waals surface area contributed by atoms with E-state index in [1.807, 2.05) is 0 Å². The smallest absolute Gasteiger partial charge is 0.0493 e. The SMILES string of the molecule is CCn1c2ccc(C)cc2c2c(C)cccc21. The summed E-state index contributed by atoms with van der Waals surface area (Å²) in [4.78, 5) is 0. The quantitative estimate of drug-likeness (QED) is 0.575. The second-order valence-corrected chi connectivity index (χ2v) is 4.73. The summed E-state index contributed by atoms with van der Waals surface area (Å²) in [6, 6.07) is 13.3. The molecule has 0 unspecified atom stereocenters. The van der Waals surface area contributed by atoms with Crippen LogP contribution < -0.4 is 0 Å². The fourth-order valence-electron chi connectivity index (χ4n) is 2.78. The Balaban J connectivity index is 2.62. The van der Waals surface area contributed by atoms with E-state index in [1.54, 1.807) is 0 Å². The molecule has 0 amide bonds. The minimum absolute atomic E-state index is 1.02. The highest BCUT2D eigenvalue weighted by molar-refractivity contribution is 6.09. The molecule has 0 aliphatic heterocycles. The fraction of sp³-hybridized carbons (Fsp3) is 0.250. The van der Waals surface area contributed by atoms with Gasteiger partial charge < -0.3 is 4.57 Å². The summed E-state index contributed by atoms with van der Waals surface area (Å²) in [5, 5.41) is 2.80. The first-order chi connectivity index (χ1) is 8.22. The van der Waals surface area contributed by atoms with Gasteiger partial charge in [-0.15, -0.1) is 0 Å². The van der Waals surface area contributed by atoms with Gasteiger partial charge in [0, 0.05) is 28.4 Å². The van der Waals surface area contributed by atoms with E-state index in [4.69, 9.17) is 0 Å². The maximum Gasteiger partial charge on any atom is 0.0493 e. The van der Waals surface area contributed by atoms with Crippen molar-refractivity contribution in [3.63, 3.8) is 0 Å². The van der Waals surface area contributed by atoms with E-state index >= 15 is 0 Å². The highest BCUT2D eigenvalue weighted by atomic mass is 15.0. The summed E-state index contributed by atoms with van der Waals surface area (Å²) in [5.74, 6) is 0. The number of fused-ring (bicyclic) bond motifs is 3. The average molecular weight is 223 g/mol. The van der Waals surface area contributed by atoms with E-state index in [1.165, 1.54) is 32.9 Å². The second-order valence-electron chi connectivity index (χ2n) is 4.73. The fourth-order valence-corrected chi connectivity index (χ4v) is 2.78. The van der Waals surface area contributed by atoms with Gasteiger partial charge in [0.25, 0.3) is 0 Å². The number of aryl methyl sites for hydroxylation is 3. The molecule has 0 fully saturated rings. The molecule has 1 aromatic heterocycles. The van der Waals surface area contributed by atoms with Crippen molar-refractivity contribution in [2.45, 2.75) is 27.3 Å². The zero-order valence-electron chi connectivity index (χ0n) is 10.6. The van der Waals surface area contributed by atoms with Gasteiger partial charge in [-0.3, -0.25) is 0 Å². The van der Waals surface area contributed by atoms with Crippen LogP contribution in [0.25, 0.3) is 21.8 Å². The molecule has 0 saturated carbocycles. The van der Waals surface area contributed by atoms with Crippen LogP contribution in [0.2, 0.25) is 0 Å². The lowest BCUT2D eigenvalue weighted by Gasteiger charge is -2.02. The van der Waals surface area contributed by atoms with Gasteiger partial charge in [0.15, 0.2) is 0 Å². The first kappa shape index (κ1) is 10.4. The van der Waals surface area contributed by atoms with Gasteiger partial charge >= 0.3 is 0 Å². The van der Waals surface area contributed by atoms with Crippen LogP contribution in [0.1, 0.15) is 18.1 Å². The zero-order valence-corrected chi connectivity index (χ0v) is 10.6. The Morgan fingerprint density at radius 3 is 2.59 bits per heavy atom. The van der Waals surface area contributed by atoms with Gasteiger partial charge in [-0.25, -0.2) is 0 Å². The number of hydrogen-bond donors (Lipinski definition) is 0. The lowest BCUT2D eigenvalue weighted by molar-refractivity contribution is 0.827. The predicted molar refractivity (Wildman–Crippen MR) is 74.6 cm³/mol. The maximum absolute atomic E-state index is 2.40. The summed E-state index contributed by atoms with van der Waals surface area (Å²) in [6.07, 6.45) is 0. The van der Waals surface area contributed by atoms with Crippen LogP contribution >= 0.6 is 0 Å². The molecule has 1 nitrogen and oxygen atoms in total. The van der Waals surface area contributed by atoms with E-state index in [0.717, 1.165) is 6.54 Å². The predicted octanol–water partition coefficient (Wildman–Crippen LogP) is 4.43. The molecule has 0 radical (unpaired) electrons. The summed E-state index contributed by atoms with van der Waals surface area (Å²) >= 11 is 0. The first-order valence-electron chi connectivity index (χ1n) is 6.20. The molecular formula is C16H17N. The Hall–Kier alpha value is -1.76. The molecule has 0 bridgehead atoms. The molecule has 3 rings (SSSR count). The third kappa shape index (κ3) is 1.39. The Morgan fingerprint density at radius 1 is 1.00 bits per heavy atom. The molecule has 3 aromatic rings. The molecule has 2 aromatic carbocycles. The van der Waals surface area contributed by atoms with Crippen LogP contribution in [0.15, 0.2) is 36.4 Å². The highest BCUT2D eigenvalue weighted by Gasteiger charge is 2.10. The van der Waals surface area contributed by atoms with Gasteiger partial charge in [-0.2, -0.15) is 0 Å². The monoisotopic (exact) mass is 223 g/mol. The maximum atomic E-state index is 2.40. The molecule has 0 atom stereocenters. The molecule has 0 spiro atoms. The Bertz CT molecular complexity index is 704. The lowest BCUT2D eigenvalue weighted by Crippen LogP contribution is -1.92. The summed E-state index contributed by atoms with van der Waals surface area (Å²) < 4.78 is 2.40.